The molecule has 2 heterocycles. The molecule has 1 fully saturated rings. The van der Waals surface area contributed by atoms with Crippen LogP contribution in [0.25, 0.3) is 5.57 Å². The predicted molar refractivity (Wildman–Crippen MR) is 105 cm³/mol. The van der Waals surface area contributed by atoms with Crippen molar-refractivity contribution < 1.29 is 18.7 Å². The Bertz CT molecular complexity index is 999. The molecule has 5 nitrogen and oxygen atoms in total. The van der Waals surface area contributed by atoms with Gasteiger partial charge in [-0.25, -0.2) is 9.29 Å². The van der Waals surface area contributed by atoms with Crippen molar-refractivity contribution in [2.24, 2.45) is 0 Å². The molecule has 0 unspecified atom stereocenters. The Labute approximate surface area is 166 Å². The number of halogens is 2. The topological polar surface area (TPSA) is 49.9 Å². The smallest absolute Gasteiger partial charge is 0.282 e. The minimum Gasteiger partial charge on any atom is -0.496 e. The summed E-state index contributed by atoms with van der Waals surface area (Å²) in [6.45, 7) is 1.40. The molecule has 0 spiro atoms. The van der Waals surface area contributed by atoms with E-state index in [0.29, 0.717) is 35.7 Å². The van der Waals surface area contributed by atoms with E-state index in [2.05, 4.69) is 0 Å². The molecule has 2 aliphatic rings. The second kappa shape index (κ2) is 7.28. The van der Waals surface area contributed by atoms with E-state index in [9.17, 15) is 14.0 Å². The van der Waals surface area contributed by atoms with Crippen molar-refractivity contribution in [2.45, 2.75) is 12.8 Å². The maximum Gasteiger partial charge on any atom is 0.282 e. The lowest BCUT2D eigenvalue weighted by Gasteiger charge is -2.20. The molecule has 0 saturated carbocycles. The van der Waals surface area contributed by atoms with Crippen LogP contribution in [0.4, 0.5) is 10.1 Å². The fraction of sp³-hybridized carbons (Fsp3) is 0.238. The number of para-hydroxylation sites is 1. The zero-order chi connectivity index (χ0) is 19.8. The van der Waals surface area contributed by atoms with E-state index in [-0.39, 0.29) is 10.7 Å². The normalized spacial score (nSPS) is 17.1. The van der Waals surface area contributed by atoms with Crippen molar-refractivity contribution in [1.29, 1.82) is 0 Å². The van der Waals surface area contributed by atoms with Crippen LogP contribution in [0.5, 0.6) is 5.75 Å². The average molecular weight is 401 g/mol. The second-order valence-corrected chi connectivity index (χ2v) is 7.07. The third-order valence-corrected chi connectivity index (χ3v) is 5.31. The Morgan fingerprint density at radius 1 is 1.04 bits per heavy atom. The Morgan fingerprint density at radius 3 is 2.43 bits per heavy atom. The van der Waals surface area contributed by atoms with Gasteiger partial charge in [-0.3, -0.25) is 9.59 Å². The van der Waals surface area contributed by atoms with Crippen molar-refractivity contribution in [3.8, 4) is 5.75 Å². The van der Waals surface area contributed by atoms with E-state index < -0.39 is 17.6 Å². The number of imide groups is 1. The van der Waals surface area contributed by atoms with Crippen LogP contribution in [0.3, 0.4) is 0 Å². The summed E-state index contributed by atoms with van der Waals surface area (Å²) in [7, 11) is 1.52. The third-order valence-electron chi connectivity index (χ3n) is 5.02. The summed E-state index contributed by atoms with van der Waals surface area (Å²) in [5, 5.41) is -0.147. The van der Waals surface area contributed by atoms with Gasteiger partial charge in [0, 0.05) is 18.7 Å². The second-order valence-electron chi connectivity index (χ2n) is 6.66. The number of hydrogen-bond acceptors (Lipinski definition) is 4. The first kappa shape index (κ1) is 18.5. The maximum absolute atomic E-state index is 13.6. The molecule has 2 aliphatic heterocycles. The number of likely N-dealkylation sites (tertiary alicyclic amines) is 1. The van der Waals surface area contributed by atoms with Crippen LogP contribution in [-0.2, 0) is 9.59 Å². The van der Waals surface area contributed by atoms with Crippen molar-refractivity contribution >= 4 is 34.7 Å². The first-order chi connectivity index (χ1) is 13.5. The summed E-state index contributed by atoms with van der Waals surface area (Å²) in [6.07, 6.45) is 1.90. The summed E-state index contributed by atoms with van der Waals surface area (Å²) in [4.78, 5) is 29.7. The number of rotatable bonds is 4. The number of nitrogens with zero attached hydrogens (tertiary/aromatic N) is 2. The van der Waals surface area contributed by atoms with Gasteiger partial charge < -0.3 is 9.64 Å². The van der Waals surface area contributed by atoms with E-state index in [1.165, 1.54) is 19.2 Å². The highest BCUT2D eigenvalue weighted by Crippen LogP contribution is 2.39. The highest BCUT2D eigenvalue weighted by atomic mass is 35.5. The molecule has 2 aromatic carbocycles. The SMILES string of the molecule is COc1ccccc1C1=C(N2CCCC2)C(=O)N(c2ccc(F)c(Cl)c2)C1=O. The molecule has 4 rings (SSSR count). The molecule has 0 N–H and O–H groups in total. The van der Waals surface area contributed by atoms with Crippen molar-refractivity contribution in [3.63, 3.8) is 0 Å². The number of methoxy groups -OCH3 is 1. The summed E-state index contributed by atoms with van der Waals surface area (Å²) in [5.41, 5.74) is 1.45. The fourth-order valence-corrected chi connectivity index (χ4v) is 3.88. The predicted octanol–water partition coefficient (Wildman–Crippen LogP) is 3.87. The first-order valence-electron chi connectivity index (χ1n) is 8.99. The highest BCUT2D eigenvalue weighted by molar-refractivity contribution is 6.46. The lowest BCUT2D eigenvalue weighted by Crippen LogP contribution is -2.34. The molecule has 144 valence electrons. The molecule has 0 aromatic heterocycles. The molecule has 28 heavy (non-hydrogen) atoms. The maximum atomic E-state index is 13.6. The van der Waals surface area contributed by atoms with Crippen LogP contribution in [-0.4, -0.2) is 36.9 Å². The summed E-state index contributed by atoms with van der Waals surface area (Å²) in [6, 6.07) is 10.9. The number of benzene rings is 2. The van der Waals surface area contributed by atoms with E-state index in [1.54, 1.807) is 24.3 Å². The fourth-order valence-electron chi connectivity index (χ4n) is 3.70. The third kappa shape index (κ3) is 2.94. The summed E-state index contributed by atoms with van der Waals surface area (Å²) in [5.74, 6) is -1.01. The average Bonchev–Trinajstić information content (AvgIpc) is 3.30. The molecular formula is C21H18ClFN2O3. The Morgan fingerprint density at radius 2 is 1.75 bits per heavy atom. The van der Waals surface area contributed by atoms with Gasteiger partial charge >= 0.3 is 0 Å². The first-order valence-corrected chi connectivity index (χ1v) is 9.37. The number of anilines is 1. The van der Waals surface area contributed by atoms with Crippen molar-refractivity contribution in [3.05, 3.63) is 64.6 Å². The van der Waals surface area contributed by atoms with E-state index in [0.717, 1.165) is 23.8 Å². The molecule has 2 amide bonds. The Kier molecular flexibility index (Phi) is 4.81. The van der Waals surface area contributed by atoms with Gasteiger partial charge in [0.1, 0.15) is 17.3 Å². The quantitative estimate of drug-likeness (QED) is 0.731. The van der Waals surface area contributed by atoms with Gasteiger partial charge in [-0.05, 0) is 37.1 Å². The van der Waals surface area contributed by atoms with E-state index in [4.69, 9.17) is 16.3 Å². The van der Waals surface area contributed by atoms with Gasteiger partial charge in [0.25, 0.3) is 11.8 Å². The summed E-state index contributed by atoms with van der Waals surface area (Å²) < 4.78 is 19.0. The molecule has 7 heteroatoms. The summed E-state index contributed by atoms with van der Waals surface area (Å²) >= 11 is 5.88. The zero-order valence-corrected chi connectivity index (χ0v) is 16.0. The van der Waals surface area contributed by atoms with Gasteiger partial charge in [-0.2, -0.15) is 0 Å². The molecule has 0 bridgehead atoms. The van der Waals surface area contributed by atoms with Crippen LogP contribution in [0.1, 0.15) is 18.4 Å². The van der Waals surface area contributed by atoms with Crippen LogP contribution >= 0.6 is 11.6 Å². The van der Waals surface area contributed by atoms with Gasteiger partial charge in [-0.15, -0.1) is 0 Å². The van der Waals surface area contributed by atoms with Crippen LogP contribution in [0, 0.1) is 5.82 Å². The van der Waals surface area contributed by atoms with E-state index >= 15 is 0 Å². The molecule has 1 saturated heterocycles. The van der Waals surface area contributed by atoms with Crippen LogP contribution in [0.15, 0.2) is 48.2 Å². The minimum atomic E-state index is -0.609. The van der Waals surface area contributed by atoms with Gasteiger partial charge in [0.05, 0.1) is 23.4 Å². The zero-order valence-electron chi connectivity index (χ0n) is 15.2. The van der Waals surface area contributed by atoms with Gasteiger partial charge in [0.15, 0.2) is 0 Å². The van der Waals surface area contributed by atoms with Crippen LogP contribution < -0.4 is 9.64 Å². The number of hydrogen-bond donors (Lipinski definition) is 0. The standard InChI is InChI=1S/C21H18ClFN2O3/c1-28-17-7-3-2-6-14(17)18-19(24-10-4-5-11-24)21(27)25(20(18)26)13-8-9-16(23)15(22)12-13/h2-3,6-9,12H,4-5,10-11H2,1H3. The van der Waals surface area contributed by atoms with E-state index in [1.807, 2.05) is 4.90 Å². The number of carbonyl (C=O) groups excluding carboxylic acids is 2. The monoisotopic (exact) mass is 400 g/mol. The number of ether oxygens (including phenoxy) is 1. The highest BCUT2D eigenvalue weighted by Gasteiger charge is 2.43. The molecule has 2 aromatic rings. The van der Waals surface area contributed by atoms with Gasteiger partial charge in [0.2, 0.25) is 0 Å². The largest absolute Gasteiger partial charge is 0.496 e. The molecule has 0 aliphatic carbocycles. The Hall–Kier alpha value is -2.86. The van der Waals surface area contributed by atoms with Crippen LogP contribution in [0.2, 0.25) is 5.02 Å². The van der Waals surface area contributed by atoms with Crippen molar-refractivity contribution in [2.75, 3.05) is 25.1 Å². The number of carbonyl (C=O) groups is 2. The van der Waals surface area contributed by atoms with Crippen molar-refractivity contribution in [1.82, 2.24) is 4.90 Å². The van der Waals surface area contributed by atoms with Gasteiger partial charge in [-0.1, -0.05) is 29.8 Å². The Balaban J connectivity index is 1.87. The lowest BCUT2D eigenvalue weighted by atomic mass is 10.0. The number of amides is 2. The molecule has 0 radical (unpaired) electrons. The lowest BCUT2D eigenvalue weighted by molar-refractivity contribution is -0.120. The molecule has 0 atom stereocenters. The minimum absolute atomic E-state index is 0.147. The molecular weight excluding hydrogens is 383 g/mol.